The number of rotatable bonds is 2. The lowest BCUT2D eigenvalue weighted by atomic mass is 9.85. The summed E-state index contributed by atoms with van der Waals surface area (Å²) in [6.45, 7) is 6.10. The van der Waals surface area contributed by atoms with Crippen molar-refractivity contribution in [1.82, 2.24) is 10.2 Å². The molecule has 19 heavy (non-hydrogen) atoms. The zero-order chi connectivity index (χ0) is 12.7. The van der Waals surface area contributed by atoms with Gasteiger partial charge in [0.25, 0.3) is 0 Å². The van der Waals surface area contributed by atoms with Gasteiger partial charge in [0.15, 0.2) is 11.5 Å². The molecule has 3 aliphatic heterocycles. The first-order valence-electron chi connectivity index (χ1n) is 6.82. The molecule has 0 aliphatic carbocycles. The molecule has 1 aromatic carbocycles. The first-order chi connectivity index (χ1) is 9.38. The molecule has 3 heterocycles. The van der Waals surface area contributed by atoms with E-state index in [0.717, 1.165) is 50.9 Å². The first kappa shape index (κ1) is 11.5. The molecule has 3 aliphatic rings. The standard InChI is InChI=1S/C14H18N2O3/c1-2-12-13(19-10-18-12)7-11(1)14(8-17-9-14)16-5-3-15-4-6-16/h1-2,7,15H,3-6,8-10H2. The molecule has 0 radical (unpaired) electrons. The Hall–Kier alpha value is -1.30. The van der Waals surface area contributed by atoms with Gasteiger partial charge in [-0.2, -0.15) is 0 Å². The zero-order valence-electron chi connectivity index (χ0n) is 10.9. The van der Waals surface area contributed by atoms with Crippen LogP contribution in [0.2, 0.25) is 0 Å². The van der Waals surface area contributed by atoms with Gasteiger partial charge in [-0.25, -0.2) is 0 Å². The lowest BCUT2D eigenvalue weighted by Crippen LogP contribution is -2.63. The zero-order valence-corrected chi connectivity index (χ0v) is 10.9. The minimum Gasteiger partial charge on any atom is -0.454 e. The van der Waals surface area contributed by atoms with Crippen LogP contribution in [-0.4, -0.2) is 51.1 Å². The largest absolute Gasteiger partial charge is 0.454 e. The van der Waals surface area contributed by atoms with Crippen LogP contribution in [0.25, 0.3) is 0 Å². The van der Waals surface area contributed by atoms with Gasteiger partial charge in [0.05, 0.1) is 18.8 Å². The molecule has 5 heteroatoms. The number of nitrogens with zero attached hydrogens (tertiary/aromatic N) is 1. The number of nitrogens with one attached hydrogen (secondary N) is 1. The van der Waals surface area contributed by atoms with Crippen LogP contribution in [0.3, 0.4) is 0 Å². The van der Waals surface area contributed by atoms with Crippen LogP contribution in [0.5, 0.6) is 11.5 Å². The topological polar surface area (TPSA) is 43.0 Å². The highest BCUT2D eigenvalue weighted by Crippen LogP contribution is 2.41. The number of ether oxygens (including phenoxy) is 3. The predicted molar refractivity (Wildman–Crippen MR) is 69.5 cm³/mol. The fraction of sp³-hybridized carbons (Fsp3) is 0.571. The van der Waals surface area contributed by atoms with E-state index in [1.54, 1.807) is 0 Å². The molecule has 102 valence electrons. The highest BCUT2D eigenvalue weighted by atomic mass is 16.7. The third-order valence-electron chi connectivity index (χ3n) is 4.31. The van der Waals surface area contributed by atoms with Gasteiger partial charge in [0, 0.05) is 26.2 Å². The van der Waals surface area contributed by atoms with Crippen molar-refractivity contribution in [1.29, 1.82) is 0 Å². The SMILES string of the molecule is c1cc2c(cc1C1(N3CCNCC3)COC1)OCO2. The fourth-order valence-electron chi connectivity index (χ4n) is 3.11. The van der Waals surface area contributed by atoms with E-state index in [-0.39, 0.29) is 5.54 Å². The maximum atomic E-state index is 5.53. The molecule has 0 atom stereocenters. The van der Waals surface area contributed by atoms with Gasteiger partial charge in [-0.3, -0.25) is 4.90 Å². The van der Waals surface area contributed by atoms with Crippen LogP contribution < -0.4 is 14.8 Å². The van der Waals surface area contributed by atoms with Crippen molar-refractivity contribution in [3.05, 3.63) is 23.8 Å². The van der Waals surface area contributed by atoms with Crippen molar-refractivity contribution in [3.63, 3.8) is 0 Å². The molecule has 0 saturated carbocycles. The molecule has 1 aromatic rings. The van der Waals surface area contributed by atoms with Crippen LogP contribution in [0, 0.1) is 0 Å². The Labute approximate surface area is 112 Å². The van der Waals surface area contributed by atoms with E-state index in [4.69, 9.17) is 14.2 Å². The summed E-state index contributed by atoms with van der Waals surface area (Å²) in [7, 11) is 0. The second-order valence-electron chi connectivity index (χ2n) is 5.33. The van der Waals surface area contributed by atoms with Gasteiger partial charge in [-0.05, 0) is 17.7 Å². The molecule has 0 spiro atoms. The third-order valence-corrected chi connectivity index (χ3v) is 4.31. The minimum atomic E-state index is 0.0308. The molecule has 0 unspecified atom stereocenters. The molecule has 0 aromatic heterocycles. The van der Waals surface area contributed by atoms with E-state index in [0.29, 0.717) is 6.79 Å². The van der Waals surface area contributed by atoms with E-state index in [1.165, 1.54) is 5.56 Å². The molecular formula is C14H18N2O3. The van der Waals surface area contributed by atoms with E-state index in [2.05, 4.69) is 22.3 Å². The third kappa shape index (κ3) is 1.73. The van der Waals surface area contributed by atoms with Gasteiger partial charge in [0.2, 0.25) is 6.79 Å². The van der Waals surface area contributed by atoms with Gasteiger partial charge in [-0.15, -0.1) is 0 Å². The van der Waals surface area contributed by atoms with E-state index in [9.17, 15) is 0 Å². The van der Waals surface area contributed by atoms with Crippen molar-refractivity contribution in [2.45, 2.75) is 5.54 Å². The lowest BCUT2D eigenvalue weighted by molar-refractivity contribution is -0.149. The van der Waals surface area contributed by atoms with Gasteiger partial charge >= 0.3 is 0 Å². The molecule has 5 nitrogen and oxygen atoms in total. The second-order valence-corrected chi connectivity index (χ2v) is 5.33. The second kappa shape index (κ2) is 4.37. The van der Waals surface area contributed by atoms with Crippen LogP contribution >= 0.6 is 0 Å². The van der Waals surface area contributed by atoms with Gasteiger partial charge < -0.3 is 19.5 Å². The maximum Gasteiger partial charge on any atom is 0.231 e. The Morgan fingerprint density at radius 2 is 1.84 bits per heavy atom. The number of piperazine rings is 1. The number of hydrogen-bond acceptors (Lipinski definition) is 5. The maximum absolute atomic E-state index is 5.53. The number of hydrogen-bond donors (Lipinski definition) is 1. The average molecular weight is 262 g/mol. The highest BCUT2D eigenvalue weighted by molar-refractivity contribution is 5.47. The average Bonchev–Trinajstić information content (AvgIpc) is 2.86. The molecule has 0 bridgehead atoms. The first-order valence-corrected chi connectivity index (χ1v) is 6.82. The molecule has 2 fully saturated rings. The van der Waals surface area contributed by atoms with Crippen LogP contribution in [0.15, 0.2) is 18.2 Å². The van der Waals surface area contributed by atoms with Gasteiger partial charge in [-0.1, -0.05) is 6.07 Å². The molecule has 0 amide bonds. The monoisotopic (exact) mass is 262 g/mol. The van der Waals surface area contributed by atoms with Crippen LogP contribution in [0.1, 0.15) is 5.56 Å². The van der Waals surface area contributed by atoms with E-state index >= 15 is 0 Å². The Morgan fingerprint density at radius 1 is 1.05 bits per heavy atom. The number of fused-ring (bicyclic) bond motifs is 1. The Balaban J connectivity index is 1.68. The Kier molecular flexibility index (Phi) is 2.65. The summed E-state index contributed by atoms with van der Waals surface area (Å²) < 4.78 is 16.4. The van der Waals surface area contributed by atoms with Crippen LogP contribution in [0.4, 0.5) is 0 Å². The summed E-state index contributed by atoms with van der Waals surface area (Å²) in [6, 6.07) is 6.28. The Bertz CT molecular complexity index is 482. The van der Waals surface area contributed by atoms with Crippen molar-refractivity contribution in [2.75, 3.05) is 46.2 Å². The predicted octanol–water partition coefficient (Wildman–Crippen LogP) is 0.546. The summed E-state index contributed by atoms with van der Waals surface area (Å²) in [6.07, 6.45) is 0. The lowest BCUT2D eigenvalue weighted by Gasteiger charge is -2.51. The van der Waals surface area contributed by atoms with Crippen molar-refractivity contribution in [2.24, 2.45) is 0 Å². The van der Waals surface area contributed by atoms with Crippen molar-refractivity contribution in [3.8, 4) is 11.5 Å². The van der Waals surface area contributed by atoms with Gasteiger partial charge in [0.1, 0.15) is 0 Å². The number of benzene rings is 1. The fourth-order valence-corrected chi connectivity index (χ4v) is 3.11. The molecular weight excluding hydrogens is 244 g/mol. The normalized spacial score (nSPS) is 25.1. The molecule has 2 saturated heterocycles. The molecule has 4 rings (SSSR count). The minimum absolute atomic E-state index is 0.0308. The van der Waals surface area contributed by atoms with Crippen molar-refractivity contribution < 1.29 is 14.2 Å². The smallest absolute Gasteiger partial charge is 0.231 e. The quantitative estimate of drug-likeness (QED) is 0.843. The van der Waals surface area contributed by atoms with E-state index in [1.807, 2.05) is 6.07 Å². The van der Waals surface area contributed by atoms with E-state index < -0.39 is 0 Å². The summed E-state index contributed by atoms with van der Waals surface area (Å²) in [5.74, 6) is 1.71. The summed E-state index contributed by atoms with van der Waals surface area (Å²) in [5.41, 5.74) is 1.31. The summed E-state index contributed by atoms with van der Waals surface area (Å²) in [5, 5.41) is 3.40. The molecule has 1 N–H and O–H groups in total. The highest BCUT2D eigenvalue weighted by Gasteiger charge is 2.46. The summed E-state index contributed by atoms with van der Waals surface area (Å²) in [4.78, 5) is 2.53. The summed E-state index contributed by atoms with van der Waals surface area (Å²) >= 11 is 0. The van der Waals surface area contributed by atoms with Crippen molar-refractivity contribution >= 4 is 0 Å². The Morgan fingerprint density at radius 3 is 2.58 bits per heavy atom. The van der Waals surface area contributed by atoms with Crippen LogP contribution in [-0.2, 0) is 10.3 Å².